The van der Waals surface area contributed by atoms with Crippen molar-refractivity contribution in [2.75, 3.05) is 19.0 Å². The molecule has 0 unspecified atom stereocenters. The average Bonchev–Trinajstić information content (AvgIpc) is 2.46. The number of para-hydroxylation sites is 1. The van der Waals surface area contributed by atoms with Gasteiger partial charge in [0.25, 0.3) is 0 Å². The van der Waals surface area contributed by atoms with Gasteiger partial charge in [-0.25, -0.2) is 4.39 Å². The van der Waals surface area contributed by atoms with Gasteiger partial charge < -0.3 is 10.2 Å². The van der Waals surface area contributed by atoms with Crippen LogP contribution < -0.4 is 10.2 Å². The summed E-state index contributed by atoms with van der Waals surface area (Å²) in [6.07, 6.45) is 3.78. The van der Waals surface area contributed by atoms with E-state index in [0.29, 0.717) is 11.7 Å². The Morgan fingerprint density at radius 1 is 1.26 bits per heavy atom. The van der Waals surface area contributed by atoms with Crippen molar-refractivity contribution >= 4 is 11.6 Å². The summed E-state index contributed by atoms with van der Waals surface area (Å²) in [6, 6.07) is 6.93. The third-order valence-electron chi connectivity index (χ3n) is 4.03. The first-order chi connectivity index (χ1) is 9.13. The molecule has 1 aromatic rings. The molecule has 19 heavy (non-hydrogen) atoms. The highest BCUT2D eigenvalue weighted by molar-refractivity contribution is 5.94. The first-order valence-corrected chi connectivity index (χ1v) is 6.83. The lowest BCUT2D eigenvalue weighted by molar-refractivity contribution is -0.123. The number of nitrogens with one attached hydrogen (secondary N) is 1. The van der Waals surface area contributed by atoms with Crippen LogP contribution in [0.1, 0.15) is 25.7 Å². The van der Waals surface area contributed by atoms with Crippen LogP contribution in [-0.2, 0) is 4.79 Å². The van der Waals surface area contributed by atoms with E-state index in [-0.39, 0.29) is 17.6 Å². The average molecular weight is 264 g/mol. The molecule has 0 atom stereocenters. The quantitative estimate of drug-likeness (QED) is 0.910. The van der Waals surface area contributed by atoms with E-state index in [1.807, 2.05) is 7.05 Å². The molecule has 0 aromatic heterocycles. The number of amides is 1. The third kappa shape index (κ3) is 3.13. The van der Waals surface area contributed by atoms with Gasteiger partial charge in [0.1, 0.15) is 5.82 Å². The molecule has 1 N–H and O–H groups in total. The molecule has 1 aromatic carbocycles. The maximum absolute atomic E-state index is 13.7. The van der Waals surface area contributed by atoms with Crippen molar-refractivity contribution in [3.05, 3.63) is 30.1 Å². The van der Waals surface area contributed by atoms with E-state index in [0.717, 1.165) is 25.7 Å². The van der Waals surface area contributed by atoms with Gasteiger partial charge in [-0.05, 0) is 44.9 Å². The first kappa shape index (κ1) is 14.0. The Morgan fingerprint density at radius 3 is 2.47 bits per heavy atom. The molecule has 0 spiro atoms. The van der Waals surface area contributed by atoms with Crippen molar-refractivity contribution in [2.24, 2.45) is 5.92 Å². The van der Waals surface area contributed by atoms with E-state index in [2.05, 4.69) is 5.32 Å². The normalized spacial score (nSPS) is 23.1. The molecule has 1 fully saturated rings. The maximum Gasteiger partial charge on any atom is 0.229 e. The number of benzene rings is 1. The molecule has 1 aliphatic rings. The summed E-state index contributed by atoms with van der Waals surface area (Å²) in [7, 11) is 3.61. The van der Waals surface area contributed by atoms with Gasteiger partial charge in [0.2, 0.25) is 5.91 Å². The summed E-state index contributed by atoms with van der Waals surface area (Å²) in [6.45, 7) is 0. The third-order valence-corrected chi connectivity index (χ3v) is 4.03. The van der Waals surface area contributed by atoms with E-state index >= 15 is 0 Å². The van der Waals surface area contributed by atoms with Crippen LogP contribution in [0.25, 0.3) is 0 Å². The van der Waals surface area contributed by atoms with Crippen LogP contribution in [0, 0.1) is 11.7 Å². The summed E-state index contributed by atoms with van der Waals surface area (Å²) >= 11 is 0. The topological polar surface area (TPSA) is 32.3 Å². The Bertz CT molecular complexity index is 442. The smallest absolute Gasteiger partial charge is 0.229 e. The number of halogens is 1. The molecule has 1 saturated carbocycles. The molecule has 104 valence electrons. The predicted molar refractivity (Wildman–Crippen MR) is 74.6 cm³/mol. The van der Waals surface area contributed by atoms with Gasteiger partial charge in [0.05, 0.1) is 5.69 Å². The van der Waals surface area contributed by atoms with E-state index < -0.39 is 0 Å². The van der Waals surface area contributed by atoms with Crippen LogP contribution in [0.2, 0.25) is 0 Å². The van der Waals surface area contributed by atoms with Crippen molar-refractivity contribution < 1.29 is 9.18 Å². The zero-order chi connectivity index (χ0) is 13.8. The largest absolute Gasteiger partial charge is 0.317 e. The molecule has 1 amide bonds. The van der Waals surface area contributed by atoms with Gasteiger partial charge in [-0.2, -0.15) is 0 Å². The minimum atomic E-state index is -0.345. The second-order valence-corrected chi connectivity index (χ2v) is 5.19. The second-order valence-electron chi connectivity index (χ2n) is 5.19. The highest BCUT2D eigenvalue weighted by atomic mass is 19.1. The Hall–Kier alpha value is -1.42. The Balaban J connectivity index is 2.02. The first-order valence-electron chi connectivity index (χ1n) is 6.83. The van der Waals surface area contributed by atoms with Crippen molar-refractivity contribution in [1.82, 2.24) is 5.32 Å². The number of carbonyl (C=O) groups is 1. The molecule has 0 bridgehead atoms. The fourth-order valence-corrected chi connectivity index (χ4v) is 2.75. The Kier molecular flexibility index (Phi) is 4.53. The van der Waals surface area contributed by atoms with E-state index in [9.17, 15) is 9.18 Å². The zero-order valence-electron chi connectivity index (χ0n) is 11.5. The van der Waals surface area contributed by atoms with Gasteiger partial charge in [-0.15, -0.1) is 0 Å². The lowest BCUT2D eigenvalue weighted by atomic mass is 9.85. The van der Waals surface area contributed by atoms with Crippen molar-refractivity contribution in [3.63, 3.8) is 0 Å². The molecule has 0 aliphatic heterocycles. The monoisotopic (exact) mass is 264 g/mol. The van der Waals surface area contributed by atoms with Crippen LogP contribution in [0.3, 0.4) is 0 Å². The number of hydrogen-bond acceptors (Lipinski definition) is 2. The minimum Gasteiger partial charge on any atom is -0.317 e. The van der Waals surface area contributed by atoms with Gasteiger partial charge in [0, 0.05) is 19.0 Å². The van der Waals surface area contributed by atoms with Gasteiger partial charge in [-0.1, -0.05) is 12.1 Å². The van der Waals surface area contributed by atoms with Crippen molar-refractivity contribution in [3.8, 4) is 0 Å². The highest BCUT2D eigenvalue weighted by Gasteiger charge is 2.28. The van der Waals surface area contributed by atoms with E-state index in [1.165, 1.54) is 11.0 Å². The summed E-state index contributed by atoms with van der Waals surface area (Å²) in [4.78, 5) is 13.8. The molecule has 0 heterocycles. The number of carbonyl (C=O) groups excluding carboxylic acids is 1. The standard InChI is InChI=1S/C15H21FN2O/c1-17-12-9-7-11(8-10-12)15(19)18(2)14-6-4-3-5-13(14)16/h3-6,11-12,17H,7-10H2,1-2H3. The molecule has 1 aliphatic carbocycles. The predicted octanol–water partition coefficient (Wildman–Crippen LogP) is 2.57. The van der Waals surface area contributed by atoms with Gasteiger partial charge in [-0.3, -0.25) is 4.79 Å². The number of nitrogens with zero attached hydrogens (tertiary/aromatic N) is 1. The Morgan fingerprint density at radius 2 is 1.89 bits per heavy atom. The molecule has 3 nitrogen and oxygen atoms in total. The lowest BCUT2D eigenvalue weighted by Crippen LogP contribution is -2.38. The van der Waals surface area contributed by atoms with Gasteiger partial charge in [0.15, 0.2) is 0 Å². The maximum atomic E-state index is 13.7. The Labute approximate surface area is 113 Å². The lowest BCUT2D eigenvalue weighted by Gasteiger charge is -2.30. The minimum absolute atomic E-state index is 0.0224. The van der Waals surface area contributed by atoms with Crippen molar-refractivity contribution in [1.29, 1.82) is 0 Å². The molecule has 0 radical (unpaired) electrons. The van der Waals surface area contributed by atoms with Crippen LogP contribution in [-0.4, -0.2) is 26.0 Å². The second kappa shape index (κ2) is 6.15. The van der Waals surface area contributed by atoms with Crippen LogP contribution in [0.5, 0.6) is 0 Å². The fraction of sp³-hybridized carbons (Fsp3) is 0.533. The zero-order valence-corrected chi connectivity index (χ0v) is 11.5. The van der Waals surface area contributed by atoms with E-state index in [4.69, 9.17) is 0 Å². The number of hydrogen-bond donors (Lipinski definition) is 1. The van der Waals surface area contributed by atoms with E-state index in [1.54, 1.807) is 25.2 Å². The molecule has 2 rings (SSSR count). The molecule has 4 heteroatoms. The van der Waals surface area contributed by atoms with Crippen molar-refractivity contribution in [2.45, 2.75) is 31.7 Å². The number of rotatable bonds is 3. The summed E-state index contributed by atoms with van der Waals surface area (Å²) in [5.41, 5.74) is 0.364. The molecular formula is C15H21FN2O. The number of anilines is 1. The summed E-state index contributed by atoms with van der Waals surface area (Å²) in [5.74, 6) is -0.295. The fourth-order valence-electron chi connectivity index (χ4n) is 2.75. The van der Waals surface area contributed by atoms with Gasteiger partial charge >= 0.3 is 0 Å². The van der Waals surface area contributed by atoms with Crippen LogP contribution in [0.15, 0.2) is 24.3 Å². The summed E-state index contributed by atoms with van der Waals surface area (Å²) in [5, 5.41) is 3.25. The van der Waals surface area contributed by atoms with Crippen LogP contribution in [0.4, 0.5) is 10.1 Å². The van der Waals surface area contributed by atoms with Crippen LogP contribution >= 0.6 is 0 Å². The molecule has 0 saturated heterocycles. The SMILES string of the molecule is CNC1CCC(C(=O)N(C)c2ccccc2F)CC1. The molecular weight excluding hydrogens is 243 g/mol. The summed E-state index contributed by atoms with van der Waals surface area (Å²) < 4.78 is 13.7. The highest BCUT2D eigenvalue weighted by Crippen LogP contribution is 2.28.